The molecule has 1 rings (SSSR count). The monoisotopic (exact) mass is 234 g/mol. The molecule has 2 atom stereocenters. The van der Waals surface area contributed by atoms with Crippen LogP contribution >= 0.6 is 0 Å². The third-order valence-corrected chi connectivity index (χ3v) is 5.15. The molecule has 1 N–H and O–H groups in total. The molecule has 0 spiro atoms. The van der Waals surface area contributed by atoms with Gasteiger partial charge < -0.3 is 5.32 Å². The summed E-state index contributed by atoms with van der Waals surface area (Å²) in [7, 11) is -1.15. The number of nitrogens with one attached hydrogen (secondary N) is 1. The number of piperidine rings is 1. The lowest BCUT2D eigenvalue weighted by atomic mass is 9.99. The van der Waals surface area contributed by atoms with E-state index in [1.165, 1.54) is 0 Å². The lowest BCUT2D eigenvalue weighted by molar-refractivity contribution is 0.213. The maximum atomic E-state index is 11.9. The lowest BCUT2D eigenvalue weighted by Crippen LogP contribution is -2.52. The zero-order chi connectivity index (χ0) is 11.5. The van der Waals surface area contributed by atoms with Crippen LogP contribution in [0.1, 0.15) is 33.1 Å². The third kappa shape index (κ3) is 2.92. The van der Waals surface area contributed by atoms with E-state index in [0.717, 1.165) is 19.3 Å². The van der Waals surface area contributed by atoms with Crippen molar-refractivity contribution in [3.63, 3.8) is 0 Å². The van der Waals surface area contributed by atoms with Crippen LogP contribution in [0.2, 0.25) is 0 Å². The van der Waals surface area contributed by atoms with Crippen molar-refractivity contribution < 1.29 is 8.42 Å². The molecule has 1 saturated heterocycles. The zero-order valence-corrected chi connectivity index (χ0v) is 10.7. The van der Waals surface area contributed by atoms with Crippen LogP contribution in [0.3, 0.4) is 0 Å². The predicted octanol–water partition coefficient (Wildman–Crippen LogP) is 0.798. The Bertz CT molecular complexity index is 290. The van der Waals surface area contributed by atoms with Gasteiger partial charge in [0.2, 0.25) is 10.0 Å². The van der Waals surface area contributed by atoms with Gasteiger partial charge in [-0.1, -0.05) is 6.42 Å². The Morgan fingerprint density at radius 2 is 2.13 bits per heavy atom. The minimum absolute atomic E-state index is 0.133. The Hall–Kier alpha value is -0.130. The van der Waals surface area contributed by atoms with Crippen molar-refractivity contribution in [2.24, 2.45) is 0 Å². The molecule has 0 aromatic rings. The fourth-order valence-corrected chi connectivity index (χ4v) is 3.57. The van der Waals surface area contributed by atoms with Crippen LogP contribution in [-0.2, 0) is 10.0 Å². The Kier molecular flexibility index (Phi) is 4.55. The van der Waals surface area contributed by atoms with E-state index in [-0.39, 0.29) is 17.8 Å². The lowest BCUT2D eigenvalue weighted by Gasteiger charge is -2.37. The molecule has 0 aromatic carbocycles. The van der Waals surface area contributed by atoms with Crippen LogP contribution in [-0.4, -0.2) is 44.2 Å². The molecule has 4 nitrogen and oxygen atoms in total. The summed E-state index contributed by atoms with van der Waals surface area (Å²) >= 11 is 0. The van der Waals surface area contributed by atoms with Crippen LogP contribution in [0.4, 0.5) is 0 Å². The largest absolute Gasteiger partial charge is 0.316 e. The first-order valence-corrected chi connectivity index (χ1v) is 7.30. The van der Waals surface area contributed by atoms with Crippen molar-refractivity contribution >= 4 is 10.0 Å². The average molecular weight is 234 g/mol. The number of nitrogens with zero attached hydrogens (tertiary/aromatic N) is 1. The normalized spacial score (nSPS) is 26.5. The second-order valence-corrected chi connectivity index (χ2v) is 6.36. The van der Waals surface area contributed by atoms with Crippen molar-refractivity contribution in [3.05, 3.63) is 0 Å². The van der Waals surface area contributed by atoms with E-state index in [1.54, 1.807) is 11.2 Å². The van der Waals surface area contributed by atoms with E-state index < -0.39 is 10.0 Å². The quantitative estimate of drug-likeness (QED) is 0.783. The van der Waals surface area contributed by atoms with Crippen LogP contribution in [0.25, 0.3) is 0 Å². The minimum atomic E-state index is -3.03. The van der Waals surface area contributed by atoms with Crippen LogP contribution in [0, 0.1) is 0 Å². The van der Waals surface area contributed by atoms with Gasteiger partial charge in [-0.05, 0) is 33.7 Å². The van der Waals surface area contributed by atoms with E-state index in [1.807, 2.05) is 14.0 Å². The SMILES string of the molecule is CCS(=O)(=O)N1CCCCC1C(C)NC. The highest BCUT2D eigenvalue weighted by molar-refractivity contribution is 7.89. The molecule has 0 bridgehead atoms. The Morgan fingerprint density at radius 1 is 1.47 bits per heavy atom. The van der Waals surface area contributed by atoms with E-state index in [4.69, 9.17) is 0 Å². The van der Waals surface area contributed by atoms with Gasteiger partial charge in [-0.3, -0.25) is 0 Å². The third-order valence-electron chi connectivity index (χ3n) is 3.25. The fraction of sp³-hybridized carbons (Fsp3) is 1.00. The fourth-order valence-electron chi connectivity index (χ4n) is 2.13. The van der Waals surface area contributed by atoms with Gasteiger partial charge in [0.05, 0.1) is 5.75 Å². The first kappa shape index (κ1) is 12.9. The molecule has 1 fully saturated rings. The molecular formula is C10H22N2O2S. The number of rotatable bonds is 4. The Labute approximate surface area is 93.1 Å². The highest BCUT2D eigenvalue weighted by Crippen LogP contribution is 2.22. The van der Waals surface area contributed by atoms with Crippen LogP contribution in [0.15, 0.2) is 0 Å². The summed E-state index contributed by atoms with van der Waals surface area (Å²) in [6, 6.07) is 0.361. The maximum absolute atomic E-state index is 11.9. The Balaban J connectivity index is 2.83. The smallest absolute Gasteiger partial charge is 0.214 e. The molecule has 0 radical (unpaired) electrons. The minimum Gasteiger partial charge on any atom is -0.316 e. The van der Waals surface area contributed by atoms with E-state index in [0.29, 0.717) is 6.54 Å². The summed E-state index contributed by atoms with van der Waals surface area (Å²) in [5, 5.41) is 3.15. The topological polar surface area (TPSA) is 49.4 Å². The van der Waals surface area contributed by atoms with Crippen LogP contribution in [0.5, 0.6) is 0 Å². The highest BCUT2D eigenvalue weighted by atomic mass is 32.2. The number of likely N-dealkylation sites (N-methyl/N-ethyl adjacent to an activating group) is 1. The van der Waals surface area contributed by atoms with Crippen molar-refractivity contribution in [1.82, 2.24) is 9.62 Å². The summed E-state index contributed by atoms with van der Waals surface area (Å²) in [4.78, 5) is 0. The Morgan fingerprint density at radius 3 is 2.67 bits per heavy atom. The second kappa shape index (κ2) is 5.27. The standard InChI is InChI=1S/C10H22N2O2S/c1-4-15(13,14)12-8-6-5-7-10(12)9(2)11-3/h9-11H,4-8H2,1-3H3. The molecular weight excluding hydrogens is 212 g/mol. The first-order chi connectivity index (χ1) is 7.03. The van der Waals surface area contributed by atoms with Gasteiger partial charge in [0, 0.05) is 18.6 Å². The second-order valence-electron chi connectivity index (χ2n) is 4.15. The van der Waals surface area contributed by atoms with Gasteiger partial charge in [0.25, 0.3) is 0 Å². The zero-order valence-electron chi connectivity index (χ0n) is 9.86. The van der Waals surface area contributed by atoms with E-state index >= 15 is 0 Å². The molecule has 0 aromatic heterocycles. The van der Waals surface area contributed by atoms with Gasteiger partial charge in [-0.25, -0.2) is 8.42 Å². The van der Waals surface area contributed by atoms with Crippen LogP contribution < -0.4 is 5.32 Å². The van der Waals surface area contributed by atoms with Gasteiger partial charge in [0.15, 0.2) is 0 Å². The summed E-state index contributed by atoms with van der Waals surface area (Å²) in [6.07, 6.45) is 3.10. The summed E-state index contributed by atoms with van der Waals surface area (Å²) in [5.74, 6) is 0.208. The van der Waals surface area contributed by atoms with Crippen molar-refractivity contribution in [2.45, 2.75) is 45.2 Å². The number of hydrogen-bond donors (Lipinski definition) is 1. The van der Waals surface area contributed by atoms with Gasteiger partial charge in [-0.2, -0.15) is 4.31 Å². The number of sulfonamides is 1. The molecule has 1 aliphatic heterocycles. The predicted molar refractivity (Wildman–Crippen MR) is 62.3 cm³/mol. The van der Waals surface area contributed by atoms with E-state index in [2.05, 4.69) is 5.32 Å². The molecule has 5 heteroatoms. The molecule has 0 saturated carbocycles. The summed E-state index contributed by atoms with van der Waals surface area (Å²) < 4.78 is 25.5. The van der Waals surface area contributed by atoms with Crippen molar-refractivity contribution in [3.8, 4) is 0 Å². The van der Waals surface area contributed by atoms with E-state index in [9.17, 15) is 8.42 Å². The highest BCUT2D eigenvalue weighted by Gasteiger charge is 2.33. The van der Waals surface area contributed by atoms with Gasteiger partial charge in [-0.15, -0.1) is 0 Å². The first-order valence-electron chi connectivity index (χ1n) is 5.69. The van der Waals surface area contributed by atoms with Crippen molar-refractivity contribution in [2.75, 3.05) is 19.3 Å². The van der Waals surface area contributed by atoms with Crippen molar-refractivity contribution in [1.29, 1.82) is 0 Å². The summed E-state index contributed by atoms with van der Waals surface area (Å²) in [5.41, 5.74) is 0. The number of hydrogen-bond acceptors (Lipinski definition) is 3. The van der Waals surface area contributed by atoms with Gasteiger partial charge in [0.1, 0.15) is 0 Å². The molecule has 1 aliphatic rings. The molecule has 1 heterocycles. The molecule has 90 valence electrons. The maximum Gasteiger partial charge on any atom is 0.214 e. The molecule has 0 aliphatic carbocycles. The molecule has 0 amide bonds. The molecule has 2 unspecified atom stereocenters. The molecule has 15 heavy (non-hydrogen) atoms. The average Bonchev–Trinajstić information content (AvgIpc) is 2.28. The summed E-state index contributed by atoms with van der Waals surface area (Å²) in [6.45, 7) is 4.45. The van der Waals surface area contributed by atoms with Gasteiger partial charge >= 0.3 is 0 Å².